The first kappa shape index (κ1) is 16.3. The molecule has 3 aromatic rings. The minimum absolute atomic E-state index is 0.303. The summed E-state index contributed by atoms with van der Waals surface area (Å²) in [5.41, 5.74) is 4.99. The van der Waals surface area contributed by atoms with Crippen LogP contribution in [0, 0.1) is 19.3 Å². The molecule has 3 rings (SSSR count). The lowest BCUT2D eigenvalue weighted by Gasteiger charge is -2.10. The zero-order chi connectivity index (χ0) is 17.8. The number of hydrogen-bond acceptors (Lipinski definition) is 2. The Kier molecular flexibility index (Phi) is 4.53. The average molecular weight is 330 g/mol. The second kappa shape index (κ2) is 6.93. The molecular weight excluding hydrogens is 312 g/mol. The first-order valence-electron chi connectivity index (χ1n) is 7.80. The van der Waals surface area contributed by atoms with E-state index in [0.717, 1.165) is 22.5 Å². The highest BCUT2D eigenvalue weighted by molar-refractivity contribution is 6.00. The quantitative estimate of drug-likeness (QED) is 0.713. The Morgan fingerprint density at radius 3 is 2.56 bits per heavy atom. The molecule has 1 heterocycles. The van der Waals surface area contributed by atoms with Gasteiger partial charge in [0.2, 0.25) is 0 Å². The van der Waals surface area contributed by atoms with E-state index in [2.05, 4.69) is 21.7 Å². The summed E-state index contributed by atoms with van der Waals surface area (Å²) in [5, 5.41) is 9.83. The third-order valence-electron chi connectivity index (χ3n) is 3.80. The lowest BCUT2D eigenvalue weighted by molar-refractivity contribution is 0.262. The molecular formula is C20H18N4O. The van der Waals surface area contributed by atoms with Crippen LogP contribution >= 0.6 is 0 Å². The second-order valence-corrected chi connectivity index (χ2v) is 5.70. The Morgan fingerprint density at radius 2 is 1.84 bits per heavy atom. The molecule has 25 heavy (non-hydrogen) atoms. The summed E-state index contributed by atoms with van der Waals surface area (Å²) in [7, 11) is 1.83. The molecule has 5 heteroatoms. The number of benzene rings is 2. The summed E-state index contributed by atoms with van der Waals surface area (Å²) in [6.07, 6.45) is 7.19. The number of rotatable bonds is 3. The monoisotopic (exact) mass is 330 g/mol. The Bertz CT molecular complexity index is 949. The van der Waals surface area contributed by atoms with Crippen molar-refractivity contribution >= 4 is 17.4 Å². The fraction of sp³-hybridized carbons (Fsp3) is 0.100. The summed E-state index contributed by atoms with van der Waals surface area (Å²) in [4.78, 5) is 12.2. The predicted octanol–water partition coefficient (Wildman–Crippen LogP) is 4.02. The molecule has 2 aromatic carbocycles. The number of carbonyl (C=O) groups excluding carboxylic acids is 1. The van der Waals surface area contributed by atoms with E-state index in [1.165, 1.54) is 0 Å². The molecule has 5 nitrogen and oxygen atoms in total. The maximum absolute atomic E-state index is 12.2. The van der Waals surface area contributed by atoms with Crippen LogP contribution in [-0.4, -0.2) is 15.8 Å². The molecule has 0 aliphatic heterocycles. The third kappa shape index (κ3) is 3.70. The van der Waals surface area contributed by atoms with Gasteiger partial charge in [-0.25, -0.2) is 4.79 Å². The van der Waals surface area contributed by atoms with E-state index < -0.39 is 0 Å². The van der Waals surface area contributed by atoms with Crippen molar-refractivity contribution in [3.8, 4) is 23.6 Å². The van der Waals surface area contributed by atoms with Crippen LogP contribution in [0.4, 0.5) is 16.2 Å². The molecule has 0 spiro atoms. The fourth-order valence-electron chi connectivity index (χ4n) is 2.56. The van der Waals surface area contributed by atoms with Gasteiger partial charge in [-0.1, -0.05) is 35.7 Å². The molecule has 0 atom stereocenters. The minimum Gasteiger partial charge on any atom is -0.308 e. The third-order valence-corrected chi connectivity index (χ3v) is 3.80. The van der Waals surface area contributed by atoms with E-state index in [9.17, 15) is 4.79 Å². The normalized spacial score (nSPS) is 10.1. The average Bonchev–Trinajstić information content (AvgIpc) is 2.98. The summed E-state index contributed by atoms with van der Waals surface area (Å²) in [5.74, 6) is 2.63. The molecule has 0 bridgehead atoms. The summed E-state index contributed by atoms with van der Waals surface area (Å²) in [6.45, 7) is 2.00. The van der Waals surface area contributed by atoms with Crippen LogP contribution in [0.1, 0.15) is 11.1 Å². The SMILES string of the molecule is C#Cc1cnn(C)c1-c1cccc(NC(=O)Nc2ccc(C)cc2)c1. The van der Waals surface area contributed by atoms with Gasteiger partial charge < -0.3 is 10.6 Å². The zero-order valence-corrected chi connectivity index (χ0v) is 14.1. The van der Waals surface area contributed by atoms with E-state index in [1.807, 2.05) is 62.5 Å². The zero-order valence-electron chi connectivity index (χ0n) is 14.1. The van der Waals surface area contributed by atoms with Crippen molar-refractivity contribution in [2.24, 2.45) is 7.05 Å². The van der Waals surface area contributed by atoms with Gasteiger partial charge in [0.1, 0.15) is 0 Å². The first-order valence-corrected chi connectivity index (χ1v) is 7.80. The van der Waals surface area contributed by atoms with Crippen LogP contribution in [0.3, 0.4) is 0 Å². The van der Waals surface area contributed by atoms with E-state index in [0.29, 0.717) is 11.3 Å². The van der Waals surface area contributed by atoms with Crippen molar-refractivity contribution in [3.05, 3.63) is 65.9 Å². The predicted molar refractivity (Wildman–Crippen MR) is 100 cm³/mol. The summed E-state index contributed by atoms with van der Waals surface area (Å²) in [6, 6.07) is 14.8. The maximum Gasteiger partial charge on any atom is 0.323 e. The van der Waals surface area contributed by atoms with Gasteiger partial charge in [-0.2, -0.15) is 5.10 Å². The highest BCUT2D eigenvalue weighted by Gasteiger charge is 2.10. The van der Waals surface area contributed by atoms with Crippen LogP contribution in [-0.2, 0) is 7.05 Å². The molecule has 1 aromatic heterocycles. The highest BCUT2D eigenvalue weighted by atomic mass is 16.2. The van der Waals surface area contributed by atoms with Crippen molar-refractivity contribution in [2.75, 3.05) is 10.6 Å². The number of amides is 2. The Balaban J connectivity index is 1.78. The number of aryl methyl sites for hydroxylation is 2. The number of carbonyl (C=O) groups is 1. The second-order valence-electron chi connectivity index (χ2n) is 5.70. The fourth-order valence-corrected chi connectivity index (χ4v) is 2.56. The molecule has 0 fully saturated rings. The van der Waals surface area contributed by atoms with E-state index in [4.69, 9.17) is 6.42 Å². The van der Waals surface area contributed by atoms with Gasteiger partial charge in [0.15, 0.2) is 0 Å². The number of nitrogens with zero attached hydrogens (tertiary/aromatic N) is 2. The van der Waals surface area contributed by atoms with Crippen LogP contribution in [0.15, 0.2) is 54.7 Å². The molecule has 0 unspecified atom stereocenters. The van der Waals surface area contributed by atoms with Crippen LogP contribution in [0.25, 0.3) is 11.3 Å². The molecule has 0 saturated carbocycles. The summed E-state index contributed by atoms with van der Waals surface area (Å²) < 4.78 is 1.72. The smallest absolute Gasteiger partial charge is 0.308 e. The molecule has 0 aliphatic carbocycles. The molecule has 124 valence electrons. The van der Waals surface area contributed by atoms with E-state index in [1.54, 1.807) is 10.9 Å². The van der Waals surface area contributed by atoms with Crippen molar-refractivity contribution in [3.63, 3.8) is 0 Å². The van der Waals surface area contributed by atoms with Crippen LogP contribution in [0.5, 0.6) is 0 Å². The Morgan fingerprint density at radius 1 is 1.12 bits per heavy atom. The lowest BCUT2D eigenvalue weighted by atomic mass is 10.1. The highest BCUT2D eigenvalue weighted by Crippen LogP contribution is 2.25. The van der Waals surface area contributed by atoms with E-state index in [-0.39, 0.29) is 6.03 Å². The van der Waals surface area contributed by atoms with Gasteiger partial charge in [0.05, 0.1) is 17.5 Å². The van der Waals surface area contributed by atoms with Gasteiger partial charge in [-0.3, -0.25) is 4.68 Å². The number of hydrogen-bond donors (Lipinski definition) is 2. The van der Waals surface area contributed by atoms with E-state index >= 15 is 0 Å². The largest absolute Gasteiger partial charge is 0.323 e. The van der Waals surface area contributed by atoms with Gasteiger partial charge in [0, 0.05) is 24.0 Å². The van der Waals surface area contributed by atoms with Gasteiger partial charge in [-0.05, 0) is 31.2 Å². The molecule has 2 amide bonds. The van der Waals surface area contributed by atoms with Crippen molar-refractivity contribution in [2.45, 2.75) is 6.92 Å². The number of terminal acetylenes is 1. The van der Waals surface area contributed by atoms with Crippen molar-refractivity contribution in [1.29, 1.82) is 0 Å². The van der Waals surface area contributed by atoms with Crippen molar-refractivity contribution in [1.82, 2.24) is 9.78 Å². The number of nitrogens with one attached hydrogen (secondary N) is 2. The maximum atomic E-state index is 12.2. The lowest BCUT2D eigenvalue weighted by Crippen LogP contribution is -2.19. The minimum atomic E-state index is -0.303. The molecule has 0 radical (unpaired) electrons. The standard InChI is InChI=1S/C20H18N4O/c1-4-15-13-21-24(3)19(15)16-6-5-7-18(12-16)23-20(25)22-17-10-8-14(2)9-11-17/h1,5-13H,2-3H3,(H2,22,23,25). The molecule has 2 N–H and O–H groups in total. The number of anilines is 2. The molecule has 0 aliphatic rings. The van der Waals surface area contributed by atoms with Crippen LogP contribution in [0.2, 0.25) is 0 Å². The molecule has 0 saturated heterocycles. The number of aromatic nitrogens is 2. The van der Waals surface area contributed by atoms with Crippen LogP contribution < -0.4 is 10.6 Å². The van der Waals surface area contributed by atoms with Gasteiger partial charge in [-0.15, -0.1) is 6.42 Å². The summed E-state index contributed by atoms with van der Waals surface area (Å²) >= 11 is 0. The Labute approximate surface area is 146 Å². The van der Waals surface area contributed by atoms with Crippen molar-refractivity contribution < 1.29 is 4.79 Å². The first-order chi connectivity index (χ1) is 12.1. The Hall–Kier alpha value is -3.52. The topological polar surface area (TPSA) is 59.0 Å². The number of urea groups is 1. The van der Waals surface area contributed by atoms with Gasteiger partial charge >= 0.3 is 6.03 Å². The van der Waals surface area contributed by atoms with Gasteiger partial charge in [0.25, 0.3) is 0 Å².